The van der Waals surface area contributed by atoms with E-state index >= 15 is 0 Å². The quantitative estimate of drug-likeness (QED) is 0.403. The molecule has 0 aromatic rings. The summed E-state index contributed by atoms with van der Waals surface area (Å²) in [6.07, 6.45) is 12.1. The lowest BCUT2D eigenvalue weighted by atomic mass is 10.0. The zero-order valence-corrected chi connectivity index (χ0v) is 11.7. The van der Waals surface area contributed by atoms with Crippen molar-refractivity contribution in [3.05, 3.63) is 0 Å². The second-order valence-corrected chi connectivity index (χ2v) is 4.90. The number of unbranched alkanes of at least 4 members (excludes halogenated alkanes) is 8. The summed E-state index contributed by atoms with van der Waals surface area (Å²) in [5.74, 6) is 0. The van der Waals surface area contributed by atoms with Crippen molar-refractivity contribution in [2.75, 3.05) is 6.58 Å². The van der Waals surface area contributed by atoms with Crippen molar-refractivity contribution in [1.29, 1.82) is 0 Å². The Morgan fingerprint density at radius 2 is 1.06 bits per heavy atom. The van der Waals surface area contributed by atoms with Gasteiger partial charge in [-0.25, -0.2) is 0 Å². The maximum Gasteiger partial charge on any atom is 0.0564 e. The molecule has 1 nitrogen and oxygen atoms in total. The van der Waals surface area contributed by atoms with Crippen LogP contribution in [-0.2, 0) is 0 Å². The zero-order valence-electron chi connectivity index (χ0n) is 14.7. The molecule has 0 aromatic carbocycles. The molecule has 0 aliphatic heterocycles. The molecule has 1 N–H and O–H groups in total. The Bertz CT molecular complexity index is 208. The van der Waals surface area contributed by atoms with Crippen LogP contribution in [0.15, 0.2) is 0 Å². The van der Waals surface area contributed by atoms with Gasteiger partial charge < -0.3 is 5.11 Å². The number of hydrogen-bond acceptors (Lipinski definition) is 1. The van der Waals surface area contributed by atoms with Gasteiger partial charge >= 0.3 is 0 Å². The Hall–Kier alpha value is -0.0400. The average Bonchev–Trinajstić information content (AvgIpc) is 2.37. The number of aliphatic hydroxyl groups excluding tert-OH is 1. The van der Waals surface area contributed by atoms with E-state index in [2.05, 4.69) is 6.92 Å². The summed E-state index contributed by atoms with van der Waals surface area (Å²) in [6, 6.07) is 0. The Balaban J connectivity index is 3.34. The molecule has 0 aliphatic rings. The molecule has 104 valence electrons. The van der Waals surface area contributed by atoms with E-state index in [9.17, 15) is 0 Å². The van der Waals surface area contributed by atoms with Crippen molar-refractivity contribution in [3.8, 4) is 0 Å². The highest BCUT2D eigenvalue weighted by Crippen LogP contribution is 2.12. The fourth-order valence-electron chi connectivity index (χ4n) is 1.99. The molecule has 1 atom stereocenters. The van der Waals surface area contributed by atoms with Crippen molar-refractivity contribution < 1.29 is 9.22 Å². The predicted octanol–water partition coefficient (Wildman–Crippen LogP) is 5.46. The highest BCUT2D eigenvalue weighted by molar-refractivity contribution is 4.48. The molecule has 0 aliphatic carbocycles. The van der Waals surface area contributed by atoms with Crippen LogP contribution in [0.3, 0.4) is 0 Å². The first-order valence-corrected chi connectivity index (χ1v) is 7.58. The third-order valence-corrected chi connectivity index (χ3v) is 3.14. The first-order valence-electron chi connectivity index (χ1n) is 9.16. The third-order valence-electron chi connectivity index (χ3n) is 3.14. The van der Waals surface area contributed by atoms with Crippen LogP contribution >= 0.6 is 0 Å². The van der Waals surface area contributed by atoms with E-state index in [-0.39, 0.29) is 0 Å². The molecular weight excluding hydrogens is 208 g/mol. The van der Waals surface area contributed by atoms with E-state index in [1.807, 2.05) is 0 Å². The SMILES string of the molecule is [2H][C@H](O)CCCCCCCCC([2H])([2H])CCCCCC. The highest BCUT2D eigenvalue weighted by atomic mass is 16.2. The van der Waals surface area contributed by atoms with Gasteiger partial charge in [0, 0.05) is 9.32 Å². The van der Waals surface area contributed by atoms with Gasteiger partial charge in [0.05, 0.1) is 1.37 Å². The van der Waals surface area contributed by atoms with Gasteiger partial charge in [-0.15, -0.1) is 0 Å². The van der Waals surface area contributed by atoms with E-state index < -0.39 is 13.0 Å². The lowest BCUT2D eigenvalue weighted by molar-refractivity contribution is 0.282. The molecule has 0 heterocycles. The maximum atomic E-state index is 8.81. The molecule has 0 spiro atoms. The van der Waals surface area contributed by atoms with E-state index in [4.69, 9.17) is 9.22 Å². The molecule has 0 saturated heterocycles. The monoisotopic (exact) mass is 245 g/mol. The molecule has 0 fully saturated rings. The Labute approximate surface area is 113 Å². The average molecular weight is 245 g/mol. The third kappa shape index (κ3) is 16.0. The second-order valence-electron chi connectivity index (χ2n) is 4.90. The van der Waals surface area contributed by atoms with Gasteiger partial charge in [0.15, 0.2) is 0 Å². The Morgan fingerprint density at radius 3 is 1.53 bits per heavy atom. The van der Waals surface area contributed by atoms with E-state index in [0.717, 1.165) is 51.4 Å². The smallest absolute Gasteiger partial charge is 0.0564 e. The second kappa shape index (κ2) is 16.0. The first kappa shape index (κ1) is 12.0. The maximum absolute atomic E-state index is 8.81. The van der Waals surface area contributed by atoms with Gasteiger partial charge in [0.2, 0.25) is 0 Å². The number of hydrogen-bond donors (Lipinski definition) is 1. The van der Waals surface area contributed by atoms with Crippen LogP contribution in [0, 0.1) is 0 Å². The predicted molar refractivity (Wildman–Crippen MR) is 77.4 cm³/mol. The minimum atomic E-state index is -0.969. The van der Waals surface area contributed by atoms with Gasteiger partial charge in [0.25, 0.3) is 0 Å². The summed E-state index contributed by atoms with van der Waals surface area (Å²) in [5, 5.41) is 8.81. The van der Waals surface area contributed by atoms with E-state index in [1.165, 1.54) is 12.8 Å². The van der Waals surface area contributed by atoms with Crippen molar-refractivity contribution in [2.24, 2.45) is 0 Å². The van der Waals surface area contributed by atoms with Crippen LogP contribution < -0.4 is 0 Å². The molecule has 0 radical (unpaired) electrons. The van der Waals surface area contributed by atoms with Crippen LogP contribution in [0.4, 0.5) is 0 Å². The van der Waals surface area contributed by atoms with Crippen molar-refractivity contribution in [2.45, 2.75) is 96.8 Å². The standard InChI is InChI=1S/C16H34O/c1-2-3-4-5-6-7-8-9-10-11-12-13-14-15-16-17/h17H,2-16H2,1H3/i7D2,16D/t16-/m0/s1. The summed E-state index contributed by atoms with van der Waals surface area (Å²) >= 11 is 0. The lowest BCUT2D eigenvalue weighted by Gasteiger charge is -2.02. The lowest BCUT2D eigenvalue weighted by Crippen LogP contribution is -1.84. The molecule has 0 aromatic heterocycles. The summed E-state index contributed by atoms with van der Waals surface area (Å²) in [6.45, 7) is 1.27. The molecule has 17 heavy (non-hydrogen) atoms. The van der Waals surface area contributed by atoms with Gasteiger partial charge in [0.1, 0.15) is 0 Å². The molecule has 0 bridgehead atoms. The van der Waals surface area contributed by atoms with Gasteiger partial charge in [-0.05, 0) is 6.42 Å². The molecule has 1 heteroatoms. The molecule has 0 unspecified atom stereocenters. The first-order chi connectivity index (χ1) is 9.48. The van der Waals surface area contributed by atoms with Gasteiger partial charge in [-0.2, -0.15) is 0 Å². The minimum Gasteiger partial charge on any atom is -0.396 e. The van der Waals surface area contributed by atoms with E-state index in [0.29, 0.717) is 19.3 Å². The zero-order chi connectivity index (χ0) is 15.3. The van der Waals surface area contributed by atoms with E-state index in [1.54, 1.807) is 0 Å². The van der Waals surface area contributed by atoms with Crippen LogP contribution in [0.1, 0.15) is 101 Å². The molecule has 0 saturated carbocycles. The highest BCUT2D eigenvalue weighted by Gasteiger charge is 1.93. The van der Waals surface area contributed by atoms with Crippen LogP contribution in [0.5, 0.6) is 0 Å². The van der Waals surface area contributed by atoms with Gasteiger partial charge in [-0.1, -0.05) is 90.3 Å². The number of aliphatic hydroxyl groups is 1. The molecule has 0 rings (SSSR count). The largest absolute Gasteiger partial charge is 0.396 e. The summed E-state index contributed by atoms with van der Waals surface area (Å²) in [7, 11) is 0. The molecule has 0 amide bonds. The van der Waals surface area contributed by atoms with Crippen LogP contribution in [0.2, 0.25) is 0 Å². The fourth-order valence-corrected chi connectivity index (χ4v) is 1.99. The Morgan fingerprint density at radius 1 is 0.647 bits per heavy atom. The summed E-state index contributed by atoms with van der Waals surface area (Å²) in [4.78, 5) is 0. The molecular formula is C16H34O. The van der Waals surface area contributed by atoms with Gasteiger partial charge in [-0.3, -0.25) is 0 Å². The normalized spacial score (nSPS) is 16.2. The Kier molecular flexibility index (Phi) is 11.3. The van der Waals surface area contributed by atoms with Crippen molar-refractivity contribution in [3.63, 3.8) is 0 Å². The summed E-state index contributed by atoms with van der Waals surface area (Å²) < 4.78 is 22.9. The summed E-state index contributed by atoms with van der Waals surface area (Å²) in [5.41, 5.74) is 0. The topological polar surface area (TPSA) is 20.2 Å². The van der Waals surface area contributed by atoms with Crippen molar-refractivity contribution >= 4 is 0 Å². The fraction of sp³-hybridized carbons (Fsp3) is 1.00. The van der Waals surface area contributed by atoms with Crippen molar-refractivity contribution in [1.82, 2.24) is 0 Å². The van der Waals surface area contributed by atoms with Crippen LogP contribution in [-0.4, -0.2) is 11.7 Å². The minimum absolute atomic E-state index is 0.584. The van der Waals surface area contributed by atoms with Crippen LogP contribution in [0.25, 0.3) is 0 Å². The number of rotatable bonds is 14.